The predicted molar refractivity (Wildman–Crippen MR) is 105 cm³/mol. The van der Waals surface area contributed by atoms with Gasteiger partial charge in [0.2, 0.25) is 5.91 Å². The SMILES string of the molecule is Cn1nc(CCNC(=O)c2ccccn2)c2c1CCN(C(=O)C1CCCC1)C2. The Morgan fingerprint density at radius 3 is 2.82 bits per heavy atom. The summed E-state index contributed by atoms with van der Waals surface area (Å²) in [5.41, 5.74) is 3.76. The van der Waals surface area contributed by atoms with Crippen LogP contribution in [-0.2, 0) is 31.2 Å². The number of rotatable bonds is 5. The fraction of sp³-hybridized carbons (Fsp3) is 0.524. The molecule has 7 heteroatoms. The normalized spacial score (nSPS) is 16.8. The minimum absolute atomic E-state index is 0.177. The van der Waals surface area contributed by atoms with Crippen molar-refractivity contribution in [3.05, 3.63) is 47.0 Å². The van der Waals surface area contributed by atoms with E-state index in [9.17, 15) is 9.59 Å². The second kappa shape index (κ2) is 8.12. The van der Waals surface area contributed by atoms with Crippen molar-refractivity contribution in [2.24, 2.45) is 13.0 Å². The molecule has 0 spiro atoms. The standard InChI is InChI=1S/C21H27N5O2/c1-25-19-10-13-26(21(28)15-6-2-3-7-15)14-16(19)17(24-25)9-12-23-20(27)18-8-4-5-11-22-18/h4-5,8,11,15H,2-3,6-7,9-10,12-14H2,1H3,(H,23,27). The molecule has 2 aliphatic rings. The van der Waals surface area contributed by atoms with Crippen molar-refractivity contribution in [3.63, 3.8) is 0 Å². The molecule has 1 aliphatic carbocycles. The molecule has 3 heterocycles. The summed E-state index contributed by atoms with van der Waals surface area (Å²) in [6, 6.07) is 5.28. The highest BCUT2D eigenvalue weighted by atomic mass is 16.2. The van der Waals surface area contributed by atoms with Crippen molar-refractivity contribution in [1.29, 1.82) is 0 Å². The van der Waals surface area contributed by atoms with Crippen LogP contribution in [0.25, 0.3) is 0 Å². The van der Waals surface area contributed by atoms with E-state index >= 15 is 0 Å². The third-order valence-electron chi connectivity index (χ3n) is 5.89. The monoisotopic (exact) mass is 381 g/mol. The number of carbonyl (C=O) groups is 2. The van der Waals surface area contributed by atoms with E-state index in [1.165, 1.54) is 18.5 Å². The van der Waals surface area contributed by atoms with Gasteiger partial charge in [0.15, 0.2) is 0 Å². The molecule has 1 fully saturated rings. The number of hydrogen-bond acceptors (Lipinski definition) is 4. The first kappa shape index (κ1) is 18.7. The Hall–Kier alpha value is -2.70. The number of nitrogens with zero attached hydrogens (tertiary/aromatic N) is 4. The summed E-state index contributed by atoms with van der Waals surface area (Å²) in [5, 5.41) is 7.58. The number of aromatic nitrogens is 3. The first-order valence-corrected chi connectivity index (χ1v) is 10.1. The molecule has 0 aromatic carbocycles. The minimum Gasteiger partial charge on any atom is -0.350 e. The zero-order valence-electron chi connectivity index (χ0n) is 16.4. The van der Waals surface area contributed by atoms with Gasteiger partial charge in [-0.25, -0.2) is 0 Å². The Morgan fingerprint density at radius 1 is 1.25 bits per heavy atom. The first-order chi connectivity index (χ1) is 13.6. The highest BCUT2D eigenvalue weighted by Gasteiger charge is 2.31. The predicted octanol–water partition coefficient (Wildman–Crippen LogP) is 1.86. The van der Waals surface area contributed by atoms with Crippen molar-refractivity contribution in [2.75, 3.05) is 13.1 Å². The summed E-state index contributed by atoms with van der Waals surface area (Å²) >= 11 is 0. The van der Waals surface area contributed by atoms with Crippen LogP contribution in [0, 0.1) is 5.92 Å². The van der Waals surface area contributed by atoms with E-state index in [2.05, 4.69) is 15.4 Å². The molecular formula is C21H27N5O2. The van der Waals surface area contributed by atoms with Gasteiger partial charge in [0.1, 0.15) is 5.69 Å². The highest BCUT2D eigenvalue weighted by Crippen LogP contribution is 2.29. The van der Waals surface area contributed by atoms with E-state index in [0.29, 0.717) is 31.1 Å². The van der Waals surface area contributed by atoms with Crippen LogP contribution in [0.15, 0.2) is 24.4 Å². The quantitative estimate of drug-likeness (QED) is 0.857. The maximum absolute atomic E-state index is 12.8. The van der Waals surface area contributed by atoms with E-state index in [0.717, 1.165) is 37.1 Å². The lowest BCUT2D eigenvalue weighted by atomic mass is 10.0. The van der Waals surface area contributed by atoms with Crippen LogP contribution in [0.1, 0.15) is 53.1 Å². The molecule has 2 aromatic rings. The number of amides is 2. The lowest BCUT2D eigenvalue weighted by Crippen LogP contribution is -2.39. The summed E-state index contributed by atoms with van der Waals surface area (Å²) in [6.45, 7) is 1.91. The average molecular weight is 381 g/mol. The van der Waals surface area contributed by atoms with Gasteiger partial charge in [-0.1, -0.05) is 18.9 Å². The summed E-state index contributed by atoms with van der Waals surface area (Å²) in [6.07, 6.45) is 7.50. The molecule has 0 saturated heterocycles. The molecule has 1 saturated carbocycles. The number of hydrogen-bond donors (Lipinski definition) is 1. The molecule has 0 atom stereocenters. The van der Waals surface area contributed by atoms with Crippen molar-refractivity contribution in [3.8, 4) is 0 Å². The topological polar surface area (TPSA) is 80.1 Å². The molecule has 1 N–H and O–H groups in total. The number of nitrogens with one attached hydrogen (secondary N) is 1. The zero-order chi connectivity index (χ0) is 19.5. The van der Waals surface area contributed by atoms with Gasteiger partial charge in [-0.2, -0.15) is 5.10 Å². The Bertz CT molecular complexity index is 855. The smallest absolute Gasteiger partial charge is 0.269 e. The third-order valence-corrected chi connectivity index (χ3v) is 5.89. The molecule has 0 unspecified atom stereocenters. The fourth-order valence-corrected chi connectivity index (χ4v) is 4.37. The van der Waals surface area contributed by atoms with E-state index in [1.807, 2.05) is 16.6 Å². The van der Waals surface area contributed by atoms with E-state index in [-0.39, 0.29) is 11.8 Å². The number of fused-ring (bicyclic) bond motifs is 1. The van der Waals surface area contributed by atoms with Crippen LogP contribution in [0.3, 0.4) is 0 Å². The van der Waals surface area contributed by atoms with Crippen molar-refractivity contribution in [2.45, 2.75) is 45.1 Å². The van der Waals surface area contributed by atoms with Gasteiger partial charge in [-0.05, 0) is 25.0 Å². The molecule has 0 radical (unpaired) electrons. The van der Waals surface area contributed by atoms with E-state index < -0.39 is 0 Å². The summed E-state index contributed by atoms with van der Waals surface area (Å²) in [5.74, 6) is 0.337. The molecule has 7 nitrogen and oxygen atoms in total. The number of carbonyl (C=O) groups excluding carboxylic acids is 2. The van der Waals surface area contributed by atoms with Crippen LogP contribution >= 0.6 is 0 Å². The van der Waals surface area contributed by atoms with Gasteiger partial charge >= 0.3 is 0 Å². The van der Waals surface area contributed by atoms with Gasteiger partial charge in [-0.15, -0.1) is 0 Å². The Kier molecular flexibility index (Phi) is 5.41. The lowest BCUT2D eigenvalue weighted by Gasteiger charge is -2.30. The summed E-state index contributed by atoms with van der Waals surface area (Å²) in [4.78, 5) is 31.1. The fourth-order valence-electron chi connectivity index (χ4n) is 4.37. The van der Waals surface area contributed by atoms with Gasteiger partial charge in [-0.3, -0.25) is 19.3 Å². The van der Waals surface area contributed by atoms with Crippen LogP contribution in [0.2, 0.25) is 0 Å². The molecule has 1 aliphatic heterocycles. The van der Waals surface area contributed by atoms with Crippen molar-refractivity contribution < 1.29 is 9.59 Å². The van der Waals surface area contributed by atoms with Gasteiger partial charge < -0.3 is 10.2 Å². The van der Waals surface area contributed by atoms with Crippen molar-refractivity contribution in [1.82, 2.24) is 25.0 Å². The molecule has 0 bridgehead atoms. The second-order valence-corrected chi connectivity index (χ2v) is 7.71. The molecule has 148 valence electrons. The van der Waals surface area contributed by atoms with Gasteiger partial charge in [0.25, 0.3) is 5.91 Å². The molecule has 28 heavy (non-hydrogen) atoms. The maximum Gasteiger partial charge on any atom is 0.269 e. The Labute approximate surface area is 165 Å². The average Bonchev–Trinajstić information content (AvgIpc) is 3.37. The second-order valence-electron chi connectivity index (χ2n) is 7.71. The molecule has 2 aromatic heterocycles. The van der Waals surface area contributed by atoms with E-state index in [4.69, 9.17) is 0 Å². The van der Waals surface area contributed by atoms with Gasteiger partial charge in [0, 0.05) is 62.9 Å². The number of aryl methyl sites for hydroxylation is 1. The lowest BCUT2D eigenvalue weighted by molar-refractivity contribution is -0.136. The summed E-state index contributed by atoms with van der Waals surface area (Å²) in [7, 11) is 1.96. The molecular weight excluding hydrogens is 354 g/mol. The highest BCUT2D eigenvalue weighted by molar-refractivity contribution is 5.92. The maximum atomic E-state index is 12.8. The first-order valence-electron chi connectivity index (χ1n) is 10.1. The van der Waals surface area contributed by atoms with Crippen LogP contribution in [-0.4, -0.2) is 44.6 Å². The Morgan fingerprint density at radius 2 is 2.07 bits per heavy atom. The molecule has 4 rings (SSSR count). The zero-order valence-corrected chi connectivity index (χ0v) is 16.4. The number of pyridine rings is 1. The van der Waals surface area contributed by atoms with Crippen LogP contribution in [0.5, 0.6) is 0 Å². The molecule has 2 amide bonds. The van der Waals surface area contributed by atoms with E-state index in [1.54, 1.807) is 24.4 Å². The van der Waals surface area contributed by atoms with Gasteiger partial charge in [0.05, 0.1) is 5.69 Å². The van der Waals surface area contributed by atoms with Crippen LogP contribution in [0.4, 0.5) is 0 Å². The third kappa shape index (κ3) is 3.79. The van der Waals surface area contributed by atoms with Crippen molar-refractivity contribution >= 4 is 11.8 Å². The largest absolute Gasteiger partial charge is 0.350 e. The Balaban J connectivity index is 1.39. The minimum atomic E-state index is -0.177. The van der Waals surface area contributed by atoms with Crippen LogP contribution < -0.4 is 5.32 Å². The summed E-state index contributed by atoms with van der Waals surface area (Å²) < 4.78 is 1.93.